The van der Waals surface area contributed by atoms with E-state index in [-0.39, 0.29) is 13.2 Å². The van der Waals surface area contributed by atoms with Gasteiger partial charge in [-0.3, -0.25) is 10.1 Å². The molecule has 14 heavy (non-hydrogen) atoms. The molecule has 0 saturated carbocycles. The van der Waals surface area contributed by atoms with Gasteiger partial charge in [0.15, 0.2) is 0 Å². The molecular formula is C10H13NO3. The Labute approximate surface area is 82.2 Å². The van der Waals surface area contributed by atoms with Gasteiger partial charge >= 0.3 is 5.97 Å². The summed E-state index contributed by atoms with van der Waals surface area (Å²) in [5.41, 5.74) is 0.688. The Hall–Kier alpha value is -1.39. The maximum atomic E-state index is 10.9. The average Bonchev–Trinajstić information content (AvgIpc) is 2.19. The zero-order valence-corrected chi connectivity index (χ0v) is 7.68. The number of hydrogen-bond acceptors (Lipinski definition) is 3. The first-order chi connectivity index (χ1) is 6.75. The van der Waals surface area contributed by atoms with Crippen LogP contribution >= 0.6 is 0 Å². The second-order valence-corrected chi connectivity index (χ2v) is 2.86. The van der Waals surface area contributed by atoms with E-state index in [1.165, 1.54) is 0 Å². The minimum absolute atomic E-state index is 0.0728. The number of hydrogen-bond donors (Lipinski definition) is 3. The van der Waals surface area contributed by atoms with Crippen molar-refractivity contribution in [2.45, 2.75) is 6.04 Å². The lowest BCUT2D eigenvalue weighted by Crippen LogP contribution is -2.30. The maximum Gasteiger partial charge on any atom is 0.325 e. The smallest absolute Gasteiger partial charge is 0.325 e. The van der Waals surface area contributed by atoms with Gasteiger partial charge in [-0.2, -0.15) is 0 Å². The van der Waals surface area contributed by atoms with E-state index in [1.807, 2.05) is 6.07 Å². The van der Waals surface area contributed by atoms with Crippen LogP contribution in [0.1, 0.15) is 11.6 Å². The van der Waals surface area contributed by atoms with Gasteiger partial charge in [0.25, 0.3) is 0 Å². The van der Waals surface area contributed by atoms with Crippen LogP contribution in [0.5, 0.6) is 0 Å². The van der Waals surface area contributed by atoms with Crippen molar-refractivity contribution in [3.63, 3.8) is 0 Å². The summed E-state index contributed by atoms with van der Waals surface area (Å²) in [4.78, 5) is 10.9. The number of aliphatic hydroxyl groups excluding tert-OH is 1. The van der Waals surface area contributed by atoms with E-state index in [0.717, 1.165) is 0 Å². The van der Waals surface area contributed by atoms with Crippen molar-refractivity contribution in [1.29, 1.82) is 0 Å². The number of benzene rings is 1. The number of carbonyl (C=O) groups is 1. The van der Waals surface area contributed by atoms with E-state index >= 15 is 0 Å². The summed E-state index contributed by atoms with van der Waals surface area (Å²) in [6.07, 6.45) is 0. The van der Waals surface area contributed by atoms with Crippen molar-refractivity contribution in [3.8, 4) is 0 Å². The van der Waals surface area contributed by atoms with Gasteiger partial charge in [0.2, 0.25) is 0 Å². The van der Waals surface area contributed by atoms with Crippen LogP contribution in [-0.4, -0.2) is 29.3 Å². The van der Waals surface area contributed by atoms with Crippen molar-refractivity contribution in [3.05, 3.63) is 35.9 Å². The Morgan fingerprint density at radius 1 is 1.36 bits per heavy atom. The van der Waals surface area contributed by atoms with Gasteiger partial charge in [-0.05, 0) is 5.56 Å². The number of rotatable bonds is 5. The van der Waals surface area contributed by atoms with Crippen molar-refractivity contribution in [2.24, 2.45) is 0 Å². The van der Waals surface area contributed by atoms with Crippen LogP contribution in [0.2, 0.25) is 0 Å². The largest absolute Gasteiger partial charge is 0.480 e. The molecule has 0 bridgehead atoms. The highest BCUT2D eigenvalue weighted by Gasteiger charge is 2.17. The molecule has 0 aliphatic heterocycles. The van der Waals surface area contributed by atoms with Gasteiger partial charge in [-0.25, -0.2) is 0 Å². The van der Waals surface area contributed by atoms with Crippen LogP contribution < -0.4 is 5.32 Å². The molecular weight excluding hydrogens is 182 g/mol. The molecule has 0 aliphatic rings. The molecule has 0 amide bonds. The molecule has 0 aromatic heterocycles. The molecule has 0 radical (unpaired) electrons. The summed E-state index contributed by atoms with van der Waals surface area (Å²) < 4.78 is 0. The van der Waals surface area contributed by atoms with Crippen molar-refractivity contribution in [1.82, 2.24) is 5.32 Å². The lowest BCUT2D eigenvalue weighted by atomic mass is 10.1. The first kappa shape index (κ1) is 10.7. The standard InChI is InChI=1S/C10H13NO3/c12-7-6-11-9(10(13)14)8-4-2-1-3-5-8/h1-5,9,11-12H,6-7H2,(H,13,14)/t9-/m0/s1. The second kappa shape index (κ2) is 5.36. The molecule has 1 atom stereocenters. The number of nitrogens with one attached hydrogen (secondary N) is 1. The SMILES string of the molecule is O=C(O)[C@@H](NCCO)c1ccccc1. The van der Waals surface area contributed by atoms with Crippen LogP contribution in [0.3, 0.4) is 0 Å². The van der Waals surface area contributed by atoms with Crippen molar-refractivity contribution < 1.29 is 15.0 Å². The van der Waals surface area contributed by atoms with Crippen molar-refractivity contribution in [2.75, 3.05) is 13.2 Å². The molecule has 4 heteroatoms. The summed E-state index contributed by atoms with van der Waals surface area (Å²) in [5.74, 6) is -0.940. The molecule has 0 heterocycles. The van der Waals surface area contributed by atoms with E-state index in [0.29, 0.717) is 5.56 Å². The Kier molecular flexibility index (Phi) is 4.10. The number of aliphatic carboxylic acids is 1. The van der Waals surface area contributed by atoms with E-state index in [4.69, 9.17) is 10.2 Å². The van der Waals surface area contributed by atoms with Gasteiger partial charge in [0.05, 0.1) is 6.61 Å². The molecule has 1 rings (SSSR count). The molecule has 1 aromatic rings. The maximum absolute atomic E-state index is 10.9. The Morgan fingerprint density at radius 3 is 2.50 bits per heavy atom. The minimum atomic E-state index is -0.940. The summed E-state index contributed by atoms with van der Waals surface area (Å²) >= 11 is 0. The van der Waals surface area contributed by atoms with Gasteiger partial charge in [-0.15, -0.1) is 0 Å². The predicted molar refractivity (Wildman–Crippen MR) is 51.9 cm³/mol. The predicted octanol–water partition coefficient (Wildman–Crippen LogP) is 0.394. The van der Waals surface area contributed by atoms with E-state index < -0.39 is 12.0 Å². The molecule has 4 nitrogen and oxygen atoms in total. The van der Waals surface area contributed by atoms with Crippen LogP contribution in [0.15, 0.2) is 30.3 Å². The third kappa shape index (κ3) is 2.83. The molecule has 76 valence electrons. The fraction of sp³-hybridized carbons (Fsp3) is 0.300. The van der Waals surface area contributed by atoms with E-state index in [9.17, 15) is 4.79 Å². The molecule has 0 aliphatic carbocycles. The molecule has 0 fully saturated rings. The zero-order valence-electron chi connectivity index (χ0n) is 7.68. The Morgan fingerprint density at radius 2 is 2.00 bits per heavy atom. The third-order valence-electron chi connectivity index (χ3n) is 1.84. The zero-order chi connectivity index (χ0) is 10.4. The van der Waals surface area contributed by atoms with Crippen LogP contribution in [0.25, 0.3) is 0 Å². The van der Waals surface area contributed by atoms with Crippen molar-refractivity contribution >= 4 is 5.97 Å². The number of carboxylic acid groups (broad SMARTS) is 1. The van der Waals surface area contributed by atoms with Gasteiger partial charge in [-0.1, -0.05) is 30.3 Å². The first-order valence-electron chi connectivity index (χ1n) is 4.37. The lowest BCUT2D eigenvalue weighted by Gasteiger charge is -2.13. The summed E-state index contributed by atoms with van der Waals surface area (Å²) in [6, 6.07) is 8.13. The van der Waals surface area contributed by atoms with Crippen LogP contribution in [0.4, 0.5) is 0 Å². The third-order valence-corrected chi connectivity index (χ3v) is 1.84. The quantitative estimate of drug-likeness (QED) is 0.636. The highest BCUT2D eigenvalue weighted by atomic mass is 16.4. The average molecular weight is 195 g/mol. The monoisotopic (exact) mass is 195 g/mol. The molecule has 1 aromatic carbocycles. The minimum Gasteiger partial charge on any atom is -0.480 e. The summed E-state index contributed by atoms with van der Waals surface area (Å²) in [7, 11) is 0. The van der Waals surface area contributed by atoms with Gasteiger partial charge in [0.1, 0.15) is 6.04 Å². The number of carboxylic acids is 1. The highest BCUT2D eigenvalue weighted by molar-refractivity contribution is 5.75. The van der Waals surface area contributed by atoms with Crippen LogP contribution in [-0.2, 0) is 4.79 Å². The molecule has 3 N–H and O–H groups in total. The second-order valence-electron chi connectivity index (χ2n) is 2.86. The summed E-state index contributed by atoms with van der Waals surface area (Å²) in [5, 5.41) is 20.2. The van der Waals surface area contributed by atoms with Gasteiger partial charge in [0, 0.05) is 6.54 Å². The topological polar surface area (TPSA) is 69.6 Å². The molecule has 0 saturated heterocycles. The normalized spacial score (nSPS) is 12.4. The molecule has 0 unspecified atom stereocenters. The first-order valence-corrected chi connectivity index (χ1v) is 4.37. The lowest BCUT2D eigenvalue weighted by molar-refractivity contribution is -0.139. The van der Waals surface area contributed by atoms with Gasteiger partial charge < -0.3 is 10.2 Å². The fourth-order valence-electron chi connectivity index (χ4n) is 1.20. The fourth-order valence-corrected chi connectivity index (χ4v) is 1.20. The Balaban J connectivity index is 2.73. The van der Waals surface area contributed by atoms with E-state index in [2.05, 4.69) is 5.32 Å². The van der Waals surface area contributed by atoms with Crippen LogP contribution in [0, 0.1) is 0 Å². The van der Waals surface area contributed by atoms with E-state index in [1.54, 1.807) is 24.3 Å². The summed E-state index contributed by atoms with van der Waals surface area (Å²) in [6.45, 7) is 0.197. The Bertz CT molecular complexity index is 287. The molecule has 0 spiro atoms. The number of aliphatic hydroxyl groups is 1. The highest BCUT2D eigenvalue weighted by Crippen LogP contribution is 2.11.